The first-order chi connectivity index (χ1) is 27.4. The molecule has 1 saturated carbocycles. The fourth-order valence-electron chi connectivity index (χ4n) is 5.57. The molecule has 0 bridgehead atoms. The van der Waals surface area contributed by atoms with E-state index in [9.17, 15) is 24.0 Å². The zero-order valence-electron chi connectivity index (χ0n) is 32.9. The van der Waals surface area contributed by atoms with Crippen LogP contribution >= 0.6 is 0 Å². The Labute approximate surface area is 332 Å². The molecule has 3 amide bonds. The van der Waals surface area contributed by atoms with Gasteiger partial charge in [0.1, 0.15) is 23.3 Å². The Morgan fingerprint density at radius 2 is 1.70 bits per heavy atom. The summed E-state index contributed by atoms with van der Waals surface area (Å²) in [5, 5.41) is 16.3. The van der Waals surface area contributed by atoms with Crippen LogP contribution in [0.4, 0.5) is 10.5 Å². The molecule has 3 aromatic rings. The first-order valence-electron chi connectivity index (χ1n) is 19.1. The van der Waals surface area contributed by atoms with Crippen LogP contribution in [0.25, 0.3) is 17.2 Å². The zero-order chi connectivity index (χ0) is 41.5. The second-order valence-corrected chi connectivity index (χ2v) is 13.7. The number of nitrogens with zero attached hydrogens (tertiary/aromatic N) is 1. The number of amidine groups is 1. The van der Waals surface area contributed by atoms with Gasteiger partial charge in [0.25, 0.3) is 11.8 Å². The Morgan fingerprint density at radius 3 is 2.35 bits per heavy atom. The predicted octanol–water partition coefficient (Wildman–Crippen LogP) is 6.46. The number of methoxy groups -OCH3 is 1. The first kappa shape index (κ1) is 43.6. The van der Waals surface area contributed by atoms with Crippen molar-refractivity contribution in [1.82, 2.24) is 15.6 Å². The molecule has 1 aromatic heterocycles. The Hall–Kier alpha value is -6.09. The van der Waals surface area contributed by atoms with Crippen LogP contribution in [0.15, 0.2) is 55.1 Å². The van der Waals surface area contributed by atoms with E-state index in [4.69, 9.17) is 30.1 Å². The molecule has 1 heterocycles. The van der Waals surface area contributed by atoms with Crippen LogP contribution < -0.4 is 26.4 Å². The van der Waals surface area contributed by atoms with Crippen LogP contribution in [0.3, 0.4) is 0 Å². The summed E-state index contributed by atoms with van der Waals surface area (Å²) in [6.45, 7) is 9.55. The number of carbonyl (C=O) groups is 5. The minimum atomic E-state index is -1.03. The number of carbonyl (C=O) groups excluding carboxylic acids is 5. The van der Waals surface area contributed by atoms with Gasteiger partial charge in [-0.2, -0.15) is 0 Å². The van der Waals surface area contributed by atoms with E-state index in [0.29, 0.717) is 41.4 Å². The normalized spacial score (nSPS) is 13.0. The summed E-state index contributed by atoms with van der Waals surface area (Å²) < 4.78 is 21.2. The van der Waals surface area contributed by atoms with Gasteiger partial charge in [0.2, 0.25) is 6.79 Å². The van der Waals surface area contributed by atoms with Gasteiger partial charge in [-0.15, -0.1) is 0 Å². The average Bonchev–Trinajstić information content (AvgIpc) is 4.06. The van der Waals surface area contributed by atoms with Crippen LogP contribution in [0.5, 0.6) is 5.75 Å². The number of aromatic nitrogens is 1. The molecule has 6 N–H and O–H groups in total. The van der Waals surface area contributed by atoms with Crippen LogP contribution in [-0.2, 0) is 19.0 Å². The molecule has 1 aliphatic carbocycles. The Balaban J connectivity index is 1.61. The number of esters is 2. The number of pyridine rings is 1. The van der Waals surface area contributed by atoms with Crippen molar-refractivity contribution >= 4 is 47.4 Å². The van der Waals surface area contributed by atoms with Crippen LogP contribution in [-0.4, -0.2) is 73.8 Å². The van der Waals surface area contributed by atoms with Gasteiger partial charge in [-0.25, -0.2) is 14.6 Å². The lowest BCUT2D eigenvalue weighted by molar-refractivity contribution is -0.155. The quantitative estimate of drug-likeness (QED) is 0.0275. The van der Waals surface area contributed by atoms with E-state index >= 15 is 0 Å². The molecule has 57 heavy (non-hydrogen) atoms. The fraction of sp³-hybridized carbons (Fsp3) is 0.405. The van der Waals surface area contributed by atoms with E-state index < -0.39 is 42.7 Å². The number of hydrogen-bond acceptors (Lipinski definition) is 12. The van der Waals surface area contributed by atoms with Crippen molar-refractivity contribution in [2.75, 3.05) is 32.4 Å². The van der Waals surface area contributed by atoms with Gasteiger partial charge in [-0.05, 0) is 79.6 Å². The molecular formula is C42H52N6O9. The summed E-state index contributed by atoms with van der Waals surface area (Å²) in [5.41, 5.74) is 7.17. The highest BCUT2D eigenvalue weighted by atomic mass is 16.7. The second-order valence-electron chi connectivity index (χ2n) is 13.7. The van der Waals surface area contributed by atoms with E-state index in [1.807, 2.05) is 6.92 Å². The SMILES string of the molecule is C=Cc1cc(C(=O)Nc2ccc(C(=N)NC(=O)OCCCCCC)cc2)c(-c2ccc(C(=O)NCC3CC3)nc2C(=O)OCOC(=O)[C@@H](N)[C@@H](C)CC)cc1OC. The van der Waals surface area contributed by atoms with Crippen molar-refractivity contribution in [3.8, 4) is 16.9 Å². The fourth-order valence-corrected chi connectivity index (χ4v) is 5.57. The molecular weight excluding hydrogens is 732 g/mol. The molecule has 304 valence electrons. The molecule has 1 fully saturated rings. The molecule has 0 aliphatic heterocycles. The molecule has 4 rings (SSSR count). The number of unbranched alkanes of at least 4 members (excludes halogenated alkanes) is 3. The summed E-state index contributed by atoms with van der Waals surface area (Å²) in [6, 6.07) is 11.3. The third-order valence-corrected chi connectivity index (χ3v) is 9.50. The van der Waals surface area contributed by atoms with Crippen molar-refractivity contribution < 1.29 is 42.9 Å². The number of hydrogen-bond donors (Lipinski definition) is 5. The van der Waals surface area contributed by atoms with Gasteiger partial charge in [0, 0.05) is 40.0 Å². The molecule has 15 heteroatoms. The summed E-state index contributed by atoms with van der Waals surface area (Å²) in [7, 11) is 1.44. The number of anilines is 1. The highest BCUT2D eigenvalue weighted by molar-refractivity contribution is 6.11. The highest BCUT2D eigenvalue weighted by Crippen LogP contribution is 2.35. The van der Waals surface area contributed by atoms with Crippen molar-refractivity contribution in [2.45, 2.75) is 71.8 Å². The molecule has 0 saturated heterocycles. The minimum absolute atomic E-state index is 0.0665. The molecule has 2 atom stereocenters. The molecule has 0 radical (unpaired) electrons. The topological polar surface area (TPSA) is 221 Å². The maximum Gasteiger partial charge on any atom is 0.412 e. The molecule has 0 unspecified atom stereocenters. The third kappa shape index (κ3) is 12.5. The van der Waals surface area contributed by atoms with Crippen LogP contribution in [0.2, 0.25) is 0 Å². The number of nitrogens with one attached hydrogen (secondary N) is 4. The van der Waals surface area contributed by atoms with Gasteiger partial charge >= 0.3 is 18.0 Å². The van der Waals surface area contributed by atoms with Crippen molar-refractivity contribution in [3.05, 3.63) is 83.2 Å². The largest absolute Gasteiger partial charge is 0.496 e. The first-order valence-corrected chi connectivity index (χ1v) is 19.1. The van der Waals surface area contributed by atoms with Crippen LogP contribution in [0, 0.1) is 17.2 Å². The number of amides is 3. The Kier molecular flexibility index (Phi) is 16.3. The lowest BCUT2D eigenvalue weighted by atomic mass is 9.94. The zero-order valence-corrected chi connectivity index (χ0v) is 32.9. The minimum Gasteiger partial charge on any atom is -0.496 e. The number of benzene rings is 2. The van der Waals surface area contributed by atoms with Gasteiger partial charge in [0.15, 0.2) is 5.69 Å². The smallest absolute Gasteiger partial charge is 0.412 e. The second kappa shape index (κ2) is 21.3. The molecule has 1 aliphatic rings. The monoisotopic (exact) mass is 784 g/mol. The molecule has 15 nitrogen and oxygen atoms in total. The van der Waals surface area contributed by atoms with Gasteiger partial charge in [-0.3, -0.25) is 25.1 Å². The third-order valence-electron chi connectivity index (χ3n) is 9.50. The van der Waals surface area contributed by atoms with Gasteiger partial charge in [0.05, 0.1) is 13.7 Å². The average molecular weight is 785 g/mol. The van der Waals surface area contributed by atoms with E-state index in [-0.39, 0.29) is 46.4 Å². The van der Waals surface area contributed by atoms with E-state index in [2.05, 4.69) is 34.4 Å². The summed E-state index contributed by atoms with van der Waals surface area (Å²) in [5.74, 6) is -2.52. The van der Waals surface area contributed by atoms with E-state index in [1.54, 1.807) is 31.2 Å². The summed E-state index contributed by atoms with van der Waals surface area (Å²) in [4.78, 5) is 69.8. The van der Waals surface area contributed by atoms with Crippen molar-refractivity contribution in [2.24, 2.45) is 17.6 Å². The lowest BCUT2D eigenvalue weighted by Gasteiger charge is -2.18. The van der Waals surface area contributed by atoms with Gasteiger partial charge in [-0.1, -0.05) is 59.1 Å². The predicted molar refractivity (Wildman–Crippen MR) is 215 cm³/mol. The van der Waals surface area contributed by atoms with Crippen LogP contribution in [0.1, 0.15) is 108 Å². The number of rotatable bonds is 20. The standard InChI is InChI=1S/C42H52N6O9/c1-6-9-10-11-20-55-42(53)48-37(44)28-14-16-29(17-15-28)46-38(49)32-21-27(8-3)34(54-5)22-31(32)30-18-19-33(39(50)45-23-26-12-13-26)47-36(30)41(52)57-24-56-40(51)35(43)25(4)7-2/h8,14-19,21-22,25-26,35H,3,6-7,9-13,20,23-24,43H2,1-2,4-5H3,(H,45,50)(H,46,49)(H2,44,48,53)/t25-,35-/m0/s1. The summed E-state index contributed by atoms with van der Waals surface area (Å²) >= 11 is 0. The van der Waals surface area contributed by atoms with Crippen molar-refractivity contribution in [1.29, 1.82) is 5.41 Å². The number of alkyl carbamates (subject to hydrolysis) is 1. The number of ether oxygens (including phenoxy) is 4. The highest BCUT2D eigenvalue weighted by Gasteiger charge is 2.27. The van der Waals surface area contributed by atoms with E-state index in [0.717, 1.165) is 38.5 Å². The summed E-state index contributed by atoms with van der Waals surface area (Å²) in [6.07, 6.45) is 7.23. The van der Waals surface area contributed by atoms with E-state index in [1.165, 1.54) is 37.5 Å². The molecule has 0 spiro atoms. The molecule has 2 aromatic carbocycles. The van der Waals surface area contributed by atoms with Gasteiger partial charge < -0.3 is 35.3 Å². The van der Waals surface area contributed by atoms with Crippen molar-refractivity contribution in [3.63, 3.8) is 0 Å². The number of nitrogens with two attached hydrogens (primary N) is 1. The lowest BCUT2D eigenvalue weighted by Crippen LogP contribution is -2.38. The Bertz CT molecular complexity index is 1940. The maximum absolute atomic E-state index is 14.0. The Morgan fingerprint density at radius 1 is 0.965 bits per heavy atom. The maximum atomic E-state index is 14.0.